The quantitative estimate of drug-likeness (QED) is 0.594. The van der Waals surface area contributed by atoms with Crippen LogP contribution in [0.4, 0.5) is 0 Å². The van der Waals surface area contributed by atoms with Crippen LogP contribution >= 0.6 is 0 Å². The van der Waals surface area contributed by atoms with E-state index in [0.717, 1.165) is 38.4 Å². The fraction of sp³-hybridized carbons (Fsp3) is 0.417. The monoisotopic (exact) mass is 453 g/mol. The number of fused-ring (bicyclic) bond motifs is 1. The van der Waals surface area contributed by atoms with Crippen molar-refractivity contribution in [3.05, 3.63) is 71.8 Å². The second-order valence-corrected chi connectivity index (χ2v) is 10.6. The van der Waals surface area contributed by atoms with Crippen molar-refractivity contribution in [3.8, 4) is 11.1 Å². The zero-order valence-corrected chi connectivity index (χ0v) is 19.7. The fourth-order valence-electron chi connectivity index (χ4n) is 4.19. The molecular weight excluding hydrogens is 422 g/mol. The Labute approximate surface area is 190 Å². The maximum absolute atomic E-state index is 11.9. The van der Waals surface area contributed by atoms with Gasteiger partial charge >= 0.3 is 0 Å². The highest BCUT2D eigenvalue weighted by atomic mass is 32.2. The Morgan fingerprint density at radius 3 is 2.28 bits per heavy atom. The topological polar surface area (TPSA) is 80.1 Å². The van der Waals surface area contributed by atoms with E-state index in [0.29, 0.717) is 5.82 Å². The molecule has 0 saturated heterocycles. The summed E-state index contributed by atoms with van der Waals surface area (Å²) in [5.74, 6) is 1.69. The van der Waals surface area contributed by atoms with Gasteiger partial charge in [-0.1, -0.05) is 68.4 Å². The Morgan fingerprint density at radius 1 is 0.938 bits per heavy atom. The molecule has 2 heterocycles. The molecule has 1 atom stereocenters. The number of benzene rings is 2. The Morgan fingerprint density at radius 2 is 1.62 bits per heavy atom. The molecule has 0 fully saturated rings. The molecule has 3 aromatic rings. The van der Waals surface area contributed by atoms with E-state index in [4.69, 9.17) is 0 Å². The lowest BCUT2D eigenvalue weighted by molar-refractivity contribution is 0.269. The molecule has 1 aliphatic rings. The predicted molar refractivity (Wildman–Crippen MR) is 126 cm³/mol. The summed E-state index contributed by atoms with van der Waals surface area (Å²) < 4.78 is 28.6. The molecule has 4 rings (SSSR count). The standard InChI is InChI=1S/C24H31N5O2S/c1-18(2)23(27-32(3,30)31)24-26-25-22-13-14-28(15-16-29(22)24)17-19-9-11-21(12-10-19)20-7-5-4-6-8-20/h4-12,18,23,27H,13-17H2,1-3H3. The van der Waals surface area contributed by atoms with Crippen molar-refractivity contribution in [2.45, 2.75) is 39.4 Å². The van der Waals surface area contributed by atoms with Gasteiger partial charge in [-0.15, -0.1) is 10.2 Å². The van der Waals surface area contributed by atoms with Crippen molar-refractivity contribution in [2.24, 2.45) is 5.92 Å². The van der Waals surface area contributed by atoms with E-state index in [1.807, 2.05) is 19.9 Å². The second kappa shape index (κ2) is 9.52. The summed E-state index contributed by atoms with van der Waals surface area (Å²) in [6, 6.07) is 18.8. The first-order chi connectivity index (χ1) is 15.3. The molecular formula is C24H31N5O2S. The van der Waals surface area contributed by atoms with E-state index in [1.165, 1.54) is 22.9 Å². The van der Waals surface area contributed by atoms with E-state index >= 15 is 0 Å². The van der Waals surface area contributed by atoms with Gasteiger partial charge in [0.25, 0.3) is 0 Å². The Bertz CT molecular complexity index is 1140. The zero-order chi connectivity index (χ0) is 22.7. The van der Waals surface area contributed by atoms with E-state index in [1.54, 1.807) is 0 Å². The van der Waals surface area contributed by atoms with E-state index < -0.39 is 10.0 Å². The van der Waals surface area contributed by atoms with E-state index in [-0.39, 0.29) is 12.0 Å². The van der Waals surface area contributed by atoms with Gasteiger partial charge in [0.05, 0.1) is 12.3 Å². The van der Waals surface area contributed by atoms with Gasteiger partial charge in [0.15, 0.2) is 5.82 Å². The first kappa shape index (κ1) is 22.6. The third kappa shape index (κ3) is 5.43. The van der Waals surface area contributed by atoms with Gasteiger partial charge in [0, 0.05) is 32.6 Å². The number of hydrogen-bond donors (Lipinski definition) is 1. The van der Waals surface area contributed by atoms with Gasteiger partial charge in [0.2, 0.25) is 10.0 Å². The van der Waals surface area contributed by atoms with Crippen LogP contribution in [0.5, 0.6) is 0 Å². The van der Waals surface area contributed by atoms with Crippen molar-refractivity contribution in [3.63, 3.8) is 0 Å². The van der Waals surface area contributed by atoms with E-state index in [9.17, 15) is 8.42 Å². The molecule has 0 radical (unpaired) electrons. The Hall–Kier alpha value is -2.55. The number of rotatable bonds is 7. The summed E-state index contributed by atoms with van der Waals surface area (Å²) in [4.78, 5) is 2.42. The molecule has 1 aliphatic heterocycles. The van der Waals surface area contributed by atoms with Crippen molar-refractivity contribution in [1.82, 2.24) is 24.4 Å². The normalized spacial score (nSPS) is 16.0. The number of aromatic nitrogens is 3. The molecule has 8 heteroatoms. The lowest BCUT2D eigenvalue weighted by atomic mass is 10.0. The van der Waals surface area contributed by atoms with Gasteiger partial charge in [0.1, 0.15) is 5.82 Å². The molecule has 7 nitrogen and oxygen atoms in total. The minimum absolute atomic E-state index is 0.0699. The van der Waals surface area contributed by atoms with Crippen molar-refractivity contribution < 1.29 is 8.42 Å². The van der Waals surface area contributed by atoms with Crippen LogP contribution in [0.15, 0.2) is 54.6 Å². The summed E-state index contributed by atoms with van der Waals surface area (Å²) >= 11 is 0. The molecule has 1 unspecified atom stereocenters. The molecule has 170 valence electrons. The predicted octanol–water partition coefficient (Wildman–Crippen LogP) is 3.25. The minimum atomic E-state index is -3.35. The van der Waals surface area contributed by atoms with Gasteiger partial charge in [-0.2, -0.15) is 0 Å². The average Bonchev–Trinajstić information content (AvgIpc) is 3.06. The summed E-state index contributed by atoms with van der Waals surface area (Å²) in [5, 5.41) is 8.75. The summed E-state index contributed by atoms with van der Waals surface area (Å²) in [7, 11) is -3.35. The van der Waals surface area contributed by atoms with Crippen LogP contribution in [0.3, 0.4) is 0 Å². The number of sulfonamides is 1. The van der Waals surface area contributed by atoms with Crippen LogP contribution in [-0.4, -0.2) is 47.4 Å². The lowest BCUT2D eigenvalue weighted by Gasteiger charge is -2.22. The van der Waals surface area contributed by atoms with Crippen LogP contribution in [-0.2, 0) is 29.5 Å². The minimum Gasteiger partial charge on any atom is -0.312 e. The molecule has 1 N–H and O–H groups in total. The van der Waals surface area contributed by atoms with Gasteiger partial charge in [-0.05, 0) is 22.6 Å². The van der Waals surface area contributed by atoms with Gasteiger partial charge in [-0.3, -0.25) is 4.90 Å². The van der Waals surface area contributed by atoms with Crippen molar-refractivity contribution in [2.75, 3.05) is 19.3 Å². The largest absolute Gasteiger partial charge is 0.312 e. The SMILES string of the molecule is CC(C)C(NS(C)(=O)=O)c1nnc2n1CCN(Cc1ccc(-c3ccccc3)cc1)CC2. The first-order valence-electron chi connectivity index (χ1n) is 11.1. The second-order valence-electron chi connectivity index (χ2n) is 8.83. The highest BCUT2D eigenvalue weighted by molar-refractivity contribution is 7.88. The van der Waals surface area contributed by atoms with Crippen molar-refractivity contribution in [1.29, 1.82) is 0 Å². The fourth-order valence-corrected chi connectivity index (χ4v) is 5.03. The maximum atomic E-state index is 11.9. The Balaban J connectivity index is 1.44. The maximum Gasteiger partial charge on any atom is 0.209 e. The Kier molecular flexibility index (Phi) is 6.74. The number of nitrogens with one attached hydrogen (secondary N) is 1. The summed E-state index contributed by atoms with van der Waals surface area (Å²) in [6.45, 7) is 7.36. The molecule has 2 aromatic carbocycles. The smallest absolute Gasteiger partial charge is 0.209 e. The summed E-state index contributed by atoms with van der Waals surface area (Å²) in [5.41, 5.74) is 3.72. The van der Waals surface area contributed by atoms with Crippen molar-refractivity contribution >= 4 is 10.0 Å². The molecule has 0 saturated carbocycles. The number of hydrogen-bond acceptors (Lipinski definition) is 5. The van der Waals surface area contributed by atoms with Gasteiger partial charge < -0.3 is 4.57 Å². The first-order valence-corrected chi connectivity index (χ1v) is 13.0. The average molecular weight is 454 g/mol. The third-order valence-corrected chi connectivity index (χ3v) is 6.58. The molecule has 0 aliphatic carbocycles. The third-order valence-electron chi connectivity index (χ3n) is 5.90. The molecule has 0 spiro atoms. The summed E-state index contributed by atoms with van der Waals surface area (Å²) in [6.07, 6.45) is 1.98. The molecule has 0 amide bonds. The highest BCUT2D eigenvalue weighted by Gasteiger charge is 2.28. The molecule has 0 bridgehead atoms. The highest BCUT2D eigenvalue weighted by Crippen LogP contribution is 2.24. The van der Waals surface area contributed by atoms with Crippen LogP contribution in [0.1, 0.15) is 37.1 Å². The molecule has 32 heavy (non-hydrogen) atoms. The molecule has 1 aromatic heterocycles. The van der Waals surface area contributed by atoms with Crippen LogP contribution in [0, 0.1) is 5.92 Å². The zero-order valence-electron chi connectivity index (χ0n) is 18.9. The van der Waals surface area contributed by atoms with Crippen LogP contribution in [0.2, 0.25) is 0 Å². The van der Waals surface area contributed by atoms with Crippen LogP contribution in [0.25, 0.3) is 11.1 Å². The number of nitrogens with zero attached hydrogens (tertiary/aromatic N) is 4. The van der Waals surface area contributed by atoms with Gasteiger partial charge in [-0.25, -0.2) is 13.1 Å². The lowest BCUT2D eigenvalue weighted by Crippen LogP contribution is -2.33. The van der Waals surface area contributed by atoms with Crippen LogP contribution < -0.4 is 4.72 Å². The van der Waals surface area contributed by atoms with E-state index in [2.05, 4.69) is 72.9 Å².